The molecule has 1 aliphatic carbocycles. The molecule has 0 bridgehead atoms. The number of carbonyl (C=O) groups is 3. The van der Waals surface area contributed by atoms with Gasteiger partial charge < -0.3 is 15.3 Å². The quantitative estimate of drug-likeness (QED) is 0.791. The van der Waals surface area contributed by atoms with Crippen molar-refractivity contribution in [3.05, 3.63) is 0 Å². The fraction of sp³-hybridized carbons (Fsp3) is 0.786. The van der Waals surface area contributed by atoms with Crippen molar-refractivity contribution in [1.82, 2.24) is 10.2 Å². The number of hydrogen-bond acceptors (Lipinski definition) is 3. The Morgan fingerprint density at radius 3 is 2.25 bits per heavy atom. The lowest BCUT2D eigenvalue weighted by Gasteiger charge is -2.38. The second-order valence-corrected chi connectivity index (χ2v) is 5.94. The summed E-state index contributed by atoms with van der Waals surface area (Å²) in [6.45, 7) is 2.98. The van der Waals surface area contributed by atoms with Crippen molar-refractivity contribution in [2.45, 2.75) is 39.0 Å². The Kier molecular flexibility index (Phi) is 4.30. The number of carboxylic acid groups (broad SMARTS) is 1. The van der Waals surface area contributed by atoms with Crippen molar-refractivity contribution in [3.63, 3.8) is 0 Å². The van der Waals surface area contributed by atoms with Crippen molar-refractivity contribution < 1.29 is 19.5 Å². The lowest BCUT2D eigenvalue weighted by molar-refractivity contribution is -0.154. The molecule has 20 heavy (non-hydrogen) atoms. The van der Waals surface area contributed by atoms with E-state index in [1.54, 1.807) is 4.90 Å². The molecule has 2 N–H and O–H groups in total. The number of piperidine rings is 1. The van der Waals surface area contributed by atoms with Crippen LogP contribution in [0, 0.1) is 11.3 Å². The van der Waals surface area contributed by atoms with Crippen molar-refractivity contribution >= 4 is 17.8 Å². The number of hydrogen-bond donors (Lipinski definition) is 2. The molecule has 2 amide bonds. The van der Waals surface area contributed by atoms with E-state index in [0.29, 0.717) is 38.8 Å². The second-order valence-electron chi connectivity index (χ2n) is 5.94. The molecule has 2 rings (SSSR count). The molecule has 0 aromatic carbocycles. The minimum absolute atomic E-state index is 0.0446. The van der Waals surface area contributed by atoms with Crippen molar-refractivity contribution in [2.75, 3.05) is 19.6 Å². The molecule has 112 valence electrons. The van der Waals surface area contributed by atoms with Crippen LogP contribution in [0.15, 0.2) is 0 Å². The number of nitrogens with zero attached hydrogens (tertiary/aromatic N) is 1. The Bertz CT molecular complexity index is 409. The fourth-order valence-corrected chi connectivity index (χ4v) is 2.93. The highest BCUT2D eigenvalue weighted by atomic mass is 16.4. The molecule has 0 aromatic heterocycles. The summed E-state index contributed by atoms with van der Waals surface area (Å²) in [5.41, 5.74) is -0.740. The predicted molar refractivity (Wildman–Crippen MR) is 71.9 cm³/mol. The molecule has 0 aromatic rings. The van der Waals surface area contributed by atoms with E-state index in [2.05, 4.69) is 5.32 Å². The summed E-state index contributed by atoms with van der Waals surface area (Å²) in [4.78, 5) is 36.2. The maximum absolute atomic E-state index is 12.1. The van der Waals surface area contributed by atoms with Gasteiger partial charge in [0, 0.05) is 32.5 Å². The summed E-state index contributed by atoms with van der Waals surface area (Å²) in [7, 11) is 0. The normalized spacial score (nSPS) is 21.9. The first-order chi connectivity index (χ1) is 9.44. The van der Waals surface area contributed by atoms with E-state index in [1.165, 1.54) is 6.92 Å². The SMILES string of the molecule is CC(=O)N1CCC(C(=O)NCC2(C(=O)O)CCC2)CC1. The molecule has 2 aliphatic rings. The number of aliphatic carboxylic acids is 1. The minimum atomic E-state index is -0.810. The molecule has 1 saturated heterocycles. The summed E-state index contributed by atoms with van der Waals surface area (Å²) in [6, 6.07) is 0. The summed E-state index contributed by atoms with van der Waals surface area (Å²) < 4.78 is 0. The Labute approximate surface area is 118 Å². The van der Waals surface area contributed by atoms with Gasteiger partial charge in [-0.2, -0.15) is 0 Å². The first-order valence-corrected chi connectivity index (χ1v) is 7.21. The van der Waals surface area contributed by atoms with Gasteiger partial charge in [0.05, 0.1) is 5.41 Å². The fourth-order valence-electron chi connectivity index (χ4n) is 2.93. The molecule has 0 unspecified atom stereocenters. The van der Waals surface area contributed by atoms with Crippen LogP contribution in [0.25, 0.3) is 0 Å². The highest BCUT2D eigenvalue weighted by Gasteiger charge is 2.44. The molecule has 0 spiro atoms. The number of carbonyl (C=O) groups excluding carboxylic acids is 2. The van der Waals surface area contributed by atoms with Crippen LogP contribution in [-0.2, 0) is 14.4 Å². The maximum atomic E-state index is 12.1. The first-order valence-electron chi connectivity index (χ1n) is 7.21. The van der Waals surface area contributed by atoms with E-state index in [1.807, 2.05) is 0 Å². The molecule has 6 heteroatoms. The lowest BCUT2D eigenvalue weighted by atomic mass is 9.68. The van der Waals surface area contributed by atoms with Crippen LogP contribution in [0.3, 0.4) is 0 Å². The van der Waals surface area contributed by atoms with E-state index in [-0.39, 0.29) is 24.3 Å². The van der Waals surface area contributed by atoms with Gasteiger partial charge in [-0.1, -0.05) is 6.42 Å². The lowest BCUT2D eigenvalue weighted by Crippen LogP contribution is -2.50. The van der Waals surface area contributed by atoms with E-state index < -0.39 is 11.4 Å². The van der Waals surface area contributed by atoms with Gasteiger partial charge in [-0.3, -0.25) is 14.4 Å². The predicted octanol–water partition coefficient (Wildman–Crippen LogP) is 0.616. The van der Waals surface area contributed by atoms with Crippen LogP contribution >= 0.6 is 0 Å². The van der Waals surface area contributed by atoms with Crippen LogP contribution < -0.4 is 5.32 Å². The monoisotopic (exact) mass is 282 g/mol. The Morgan fingerprint density at radius 2 is 1.85 bits per heavy atom. The van der Waals surface area contributed by atoms with Gasteiger partial charge >= 0.3 is 5.97 Å². The third-order valence-corrected chi connectivity index (χ3v) is 4.68. The van der Waals surface area contributed by atoms with Crippen LogP contribution in [-0.4, -0.2) is 47.4 Å². The third-order valence-electron chi connectivity index (χ3n) is 4.68. The van der Waals surface area contributed by atoms with Crippen molar-refractivity contribution in [2.24, 2.45) is 11.3 Å². The number of carboxylic acids is 1. The van der Waals surface area contributed by atoms with Gasteiger partial charge in [0.1, 0.15) is 0 Å². The maximum Gasteiger partial charge on any atom is 0.311 e. The van der Waals surface area contributed by atoms with Crippen LogP contribution in [0.4, 0.5) is 0 Å². The standard InChI is InChI=1S/C14H22N2O4/c1-10(17)16-7-3-11(4-8-16)12(18)15-9-14(13(19)20)5-2-6-14/h11H,2-9H2,1H3,(H,15,18)(H,19,20). The van der Waals surface area contributed by atoms with Gasteiger partial charge in [0.15, 0.2) is 0 Å². The van der Waals surface area contributed by atoms with Gasteiger partial charge in [-0.15, -0.1) is 0 Å². The molecule has 1 aliphatic heterocycles. The highest BCUT2D eigenvalue weighted by molar-refractivity contribution is 5.81. The van der Waals surface area contributed by atoms with E-state index >= 15 is 0 Å². The average molecular weight is 282 g/mol. The van der Waals surface area contributed by atoms with Crippen molar-refractivity contribution in [3.8, 4) is 0 Å². The summed E-state index contributed by atoms with van der Waals surface area (Å²) in [5, 5.41) is 12.0. The molecule has 1 heterocycles. The Hall–Kier alpha value is -1.59. The zero-order valence-electron chi connectivity index (χ0n) is 11.9. The number of amides is 2. The number of rotatable bonds is 4. The third kappa shape index (κ3) is 2.94. The van der Waals surface area contributed by atoms with Gasteiger partial charge in [-0.25, -0.2) is 0 Å². The van der Waals surface area contributed by atoms with Gasteiger partial charge in [0.2, 0.25) is 11.8 Å². The molecular weight excluding hydrogens is 260 g/mol. The van der Waals surface area contributed by atoms with Crippen LogP contribution in [0.2, 0.25) is 0 Å². The van der Waals surface area contributed by atoms with Crippen LogP contribution in [0.5, 0.6) is 0 Å². The topological polar surface area (TPSA) is 86.7 Å². The molecule has 2 fully saturated rings. The zero-order valence-corrected chi connectivity index (χ0v) is 11.9. The highest BCUT2D eigenvalue weighted by Crippen LogP contribution is 2.40. The summed E-state index contributed by atoms with van der Waals surface area (Å²) >= 11 is 0. The largest absolute Gasteiger partial charge is 0.481 e. The van der Waals surface area contributed by atoms with E-state index in [0.717, 1.165) is 6.42 Å². The Morgan fingerprint density at radius 1 is 1.25 bits per heavy atom. The smallest absolute Gasteiger partial charge is 0.311 e. The molecule has 0 atom stereocenters. The Balaban J connectivity index is 1.79. The van der Waals surface area contributed by atoms with E-state index in [9.17, 15) is 19.5 Å². The number of likely N-dealkylation sites (tertiary alicyclic amines) is 1. The summed E-state index contributed by atoms with van der Waals surface area (Å²) in [6.07, 6.45) is 3.52. The number of nitrogens with one attached hydrogen (secondary N) is 1. The second kappa shape index (κ2) is 5.81. The molecule has 6 nitrogen and oxygen atoms in total. The van der Waals surface area contributed by atoms with Gasteiger partial charge in [0.25, 0.3) is 0 Å². The molecule has 0 radical (unpaired) electrons. The first kappa shape index (κ1) is 14.8. The van der Waals surface area contributed by atoms with Crippen LogP contribution in [0.1, 0.15) is 39.0 Å². The minimum Gasteiger partial charge on any atom is -0.481 e. The van der Waals surface area contributed by atoms with Gasteiger partial charge in [-0.05, 0) is 25.7 Å². The zero-order chi connectivity index (χ0) is 14.8. The molecule has 1 saturated carbocycles. The molecular formula is C14H22N2O4. The average Bonchev–Trinajstić information content (AvgIpc) is 2.36. The van der Waals surface area contributed by atoms with E-state index in [4.69, 9.17) is 0 Å². The summed E-state index contributed by atoms with van der Waals surface area (Å²) in [5.74, 6) is -0.934. The van der Waals surface area contributed by atoms with Crippen molar-refractivity contribution in [1.29, 1.82) is 0 Å².